The molecule has 0 atom stereocenters. The minimum atomic E-state index is 0.572. The van der Waals surface area contributed by atoms with Crippen LogP contribution in [0.15, 0.2) is 30.3 Å². The van der Waals surface area contributed by atoms with E-state index in [-0.39, 0.29) is 0 Å². The molecule has 0 amide bonds. The second kappa shape index (κ2) is 6.73. The zero-order chi connectivity index (χ0) is 13.7. The molecule has 1 aromatic carbocycles. The maximum absolute atomic E-state index is 5.77. The van der Waals surface area contributed by atoms with Crippen LogP contribution >= 0.6 is 11.6 Å². The molecule has 0 aliphatic rings. The molecule has 0 fully saturated rings. The van der Waals surface area contributed by atoms with E-state index < -0.39 is 0 Å². The normalized spacial score (nSPS) is 10.9. The van der Waals surface area contributed by atoms with E-state index in [1.807, 2.05) is 11.6 Å². The second-order valence-corrected chi connectivity index (χ2v) is 4.91. The van der Waals surface area contributed by atoms with E-state index in [0.717, 1.165) is 30.9 Å². The third-order valence-corrected chi connectivity index (χ3v) is 3.41. The average Bonchev–Trinajstić information content (AvgIpc) is 2.80. The number of benzene rings is 1. The van der Waals surface area contributed by atoms with Crippen molar-refractivity contribution in [2.45, 2.75) is 39.4 Å². The zero-order valence-corrected chi connectivity index (χ0v) is 12.2. The summed E-state index contributed by atoms with van der Waals surface area (Å²) >= 11 is 5.77. The van der Waals surface area contributed by atoms with E-state index in [0.29, 0.717) is 5.88 Å². The summed E-state index contributed by atoms with van der Waals surface area (Å²) in [4.78, 5) is 0. The Morgan fingerprint density at radius 1 is 1.16 bits per heavy atom. The van der Waals surface area contributed by atoms with Gasteiger partial charge in [0.15, 0.2) is 0 Å². The van der Waals surface area contributed by atoms with Crippen LogP contribution in [0.5, 0.6) is 0 Å². The lowest BCUT2D eigenvalue weighted by Crippen LogP contribution is -2.16. The lowest BCUT2D eigenvalue weighted by molar-refractivity contribution is 0.579. The van der Waals surface area contributed by atoms with Gasteiger partial charge in [-0.25, -0.2) is 0 Å². The smallest absolute Gasteiger partial charge is 0.0597 e. The standard InChI is InChI=1S/C15H20ClN3/c1-3-19-15(8-12(2)18-19)11-17-10-14-6-4-13(9-16)5-7-14/h4-8,17H,3,9-11H2,1-2H3. The number of aryl methyl sites for hydroxylation is 2. The Labute approximate surface area is 119 Å². The third kappa shape index (κ3) is 3.82. The van der Waals surface area contributed by atoms with Gasteiger partial charge in [-0.2, -0.15) is 5.10 Å². The molecule has 0 radical (unpaired) electrons. The zero-order valence-electron chi connectivity index (χ0n) is 11.5. The summed E-state index contributed by atoms with van der Waals surface area (Å²) in [7, 11) is 0. The molecule has 1 N–H and O–H groups in total. The first-order chi connectivity index (χ1) is 9.22. The Morgan fingerprint density at radius 2 is 1.84 bits per heavy atom. The molecule has 1 aromatic heterocycles. The molecule has 2 rings (SSSR count). The van der Waals surface area contributed by atoms with Crippen molar-refractivity contribution in [2.75, 3.05) is 0 Å². The van der Waals surface area contributed by atoms with Crippen LogP contribution in [0.25, 0.3) is 0 Å². The molecule has 1 heterocycles. The van der Waals surface area contributed by atoms with Gasteiger partial charge in [0.2, 0.25) is 0 Å². The minimum absolute atomic E-state index is 0.572. The van der Waals surface area contributed by atoms with Gasteiger partial charge in [-0.3, -0.25) is 4.68 Å². The largest absolute Gasteiger partial charge is 0.307 e. The Morgan fingerprint density at radius 3 is 2.47 bits per heavy atom. The molecule has 0 unspecified atom stereocenters. The molecule has 3 nitrogen and oxygen atoms in total. The van der Waals surface area contributed by atoms with Crippen molar-refractivity contribution in [2.24, 2.45) is 0 Å². The number of nitrogens with one attached hydrogen (secondary N) is 1. The van der Waals surface area contributed by atoms with Crippen LogP contribution in [0.3, 0.4) is 0 Å². The van der Waals surface area contributed by atoms with E-state index in [9.17, 15) is 0 Å². The van der Waals surface area contributed by atoms with Gasteiger partial charge in [0, 0.05) is 25.5 Å². The van der Waals surface area contributed by atoms with Crippen molar-refractivity contribution >= 4 is 11.6 Å². The monoisotopic (exact) mass is 277 g/mol. The maximum Gasteiger partial charge on any atom is 0.0597 e. The molecule has 0 aliphatic carbocycles. The molecule has 19 heavy (non-hydrogen) atoms. The Bertz CT molecular complexity index is 517. The van der Waals surface area contributed by atoms with Crippen LogP contribution in [0.2, 0.25) is 0 Å². The van der Waals surface area contributed by atoms with Crippen LogP contribution in [-0.4, -0.2) is 9.78 Å². The summed E-state index contributed by atoms with van der Waals surface area (Å²) in [6, 6.07) is 10.5. The summed E-state index contributed by atoms with van der Waals surface area (Å²) < 4.78 is 2.04. The summed E-state index contributed by atoms with van der Waals surface area (Å²) in [5.41, 5.74) is 4.74. The van der Waals surface area contributed by atoms with Crippen LogP contribution in [0.1, 0.15) is 29.4 Å². The number of aromatic nitrogens is 2. The predicted octanol–water partition coefficient (Wildman–Crippen LogP) is 3.24. The molecule has 0 aliphatic heterocycles. The van der Waals surface area contributed by atoms with Crippen molar-refractivity contribution in [1.29, 1.82) is 0 Å². The van der Waals surface area contributed by atoms with Gasteiger partial charge in [-0.1, -0.05) is 24.3 Å². The summed E-state index contributed by atoms with van der Waals surface area (Å²) in [5.74, 6) is 0.572. The lowest BCUT2D eigenvalue weighted by Gasteiger charge is -2.07. The minimum Gasteiger partial charge on any atom is -0.307 e. The first-order valence-corrected chi connectivity index (χ1v) is 7.14. The van der Waals surface area contributed by atoms with E-state index in [2.05, 4.69) is 47.7 Å². The van der Waals surface area contributed by atoms with Gasteiger partial charge < -0.3 is 5.32 Å². The van der Waals surface area contributed by atoms with Crippen LogP contribution in [0, 0.1) is 6.92 Å². The number of hydrogen-bond acceptors (Lipinski definition) is 2. The maximum atomic E-state index is 5.77. The molecule has 4 heteroatoms. The third-order valence-electron chi connectivity index (χ3n) is 3.10. The number of nitrogens with zero attached hydrogens (tertiary/aromatic N) is 2. The van der Waals surface area contributed by atoms with E-state index in [1.165, 1.54) is 11.3 Å². The highest BCUT2D eigenvalue weighted by molar-refractivity contribution is 6.17. The molecular formula is C15H20ClN3. The fourth-order valence-corrected chi connectivity index (χ4v) is 2.27. The van der Waals surface area contributed by atoms with Crippen molar-refractivity contribution in [3.05, 3.63) is 52.8 Å². The van der Waals surface area contributed by atoms with Gasteiger partial charge in [0.25, 0.3) is 0 Å². The number of rotatable bonds is 6. The van der Waals surface area contributed by atoms with E-state index >= 15 is 0 Å². The Kier molecular flexibility index (Phi) is 5.00. The SMILES string of the molecule is CCn1nc(C)cc1CNCc1ccc(CCl)cc1. The summed E-state index contributed by atoms with van der Waals surface area (Å²) in [6.07, 6.45) is 0. The second-order valence-electron chi connectivity index (χ2n) is 4.65. The average molecular weight is 278 g/mol. The first kappa shape index (κ1) is 14.1. The van der Waals surface area contributed by atoms with Gasteiger partial charge in [0.1, 0.15) is 0 Å². The first-order valence-electron chi connectivity index (χ1n) is 6.60. The highest BCUT2D eigenvalue weighted by atomic mass is 35.5. The lowest BCUT2D eigenvalue weighted by atomic mass is 10.1. The highest BCUT2D eigenvalue weighted by Crippen LogP contribution is 2.08. The number of hydrogen-bond donors (Lipinski definition) is 1. The van der Waals surface area contributed by atoms with Crippen LogP contribution in [-0.2, 0) is 25.5 Å². The van der Waals surface area contributed by atoms with Gasteiger partial charge in [-0.05, 0) is 31.0 Å². The Hall–Kier alpha value is -1.32. The quantitative estimate of drug-likeness (QED) is 0.822. The van der Waals surface area contributed by atoms with Crippen molar-refractivity contribution < 1.29 is 0 Å². The van der Waals surface area contributed by atoms with Crippen LogP contribution in [0.4, 0.5) is 0 Å². The van der Waals surface area contributed by atoms with E-state index in [1.54, 1.807) is 0 Å². The highest BCUT2D eigenvalue weighted by Gasteiger charge is 2.03. The van der Waals surface area contributed by atoms with Crippen molar-refractivity contribution in [3.8, 4) is 0 Å². The predicted molar refractivity (Wildman–Crippen MR) is 79.2 cm³/mol. The van der Waals surface area contributed by atoms with Crippen molar-refractivity contribution in [3.63, 3.8) is 0 Å². The molecule has 0 saturated carbocycles. The fraction of sp³-hybridized carbons (Fsp3) is 0.400. The summed E-state index contributed by atoms with van der Waals surface area (Å²) in [6.45, 7) is 6.75. The van der Waals surface area contributed by atoms with Gasteiger partial charge in [-0.15, -0.1) is 11.6 Å². The molecule has 0 bridgehead atoms. The van der Waals surface area contributed by atoms with Crippen molar-refractivity contribution in [1.82, 2.24) is 15.1 Å². The molecular weight excluding hydrogens is 258 g/mol. The van der Waals surface area contributed by atoms with E-state index in [4.69, 9.17) is 11.6 Å². The van der Waals surface area contributed by atoms with Gasteiger partial charge in [0.05, 0.1) is 11.4 Å². The summed E-state index contributed by atoms with van der Waals surface area (Å²) in [5, 5.41) is 7.89. The topological polar surface area (TPSA) is 29.9 Å². The number of alkyl halides is 1. The van der Waals surface area contributed by atoms with Gasteiger partial charge >= 0.3 is 0 Å². The molecule has 2 aromatic rings. The molecule has 0 spiro atoms. The fourth-order valence-electron chi connectivity index (χ4n) is 2.10. The van der Waals surface area contributed by atoms with Crippen LogP contribution < -0.4 is 5.32 Å². The Balaban J connectivity index is 1.88. The number of halogens is 1. The molecule has 102 valence electrons. The molecule has 0 saturated heterocycles.